The molecule has 1 aliphatic heterocycles. The number of nitrogens with one attached hydrogen (secondary N) is 1. The van der Waals surface area contributed by atoms with Crippen molar-refractivity contribution in [2.75, 3.05) is 6.54 Å². The molecule has 1 aliphatic rings. The largest absolute Gasteiger partial charge is 0.365 e. The minimum Gasteiger partial charge on any atom is -0.365 e. The number of carbonyl (C=O) groups excluding carboxylic acids is 2. The first kappa shape index (κ1) is 20.3. The number of nitriles is 1. The summed E-state index contributed by atoms with van der Waals surface area (Å²) in [6.45, 7) is 5.78. The summed E-state index contributed by atoms with van der Waals surface area (Å²) < 4.78 is 30.4. The Hall–Kier alpha value is -3.99. The van der Waals surface area contributed by atoms with E-state index in [1.807, 2.05) is 12.1 Å². The van der Waals surface area contributed by atoms with E-state index in [9.17, 15) is 19.2 Å². The van der Waals surface area contributed by atoms with Gasteiger partial charge >= 0.3 is 0 Å². The highest BCUT2D eigenvalue weighted by molar-refractivity contribution is 6.12. The van der Waals surface area contributed by atoms with Crippen molar-refractivity contribution in [3.63, 3.8) is 0 Å². The van der Waals surface area contributed by atoms with Crippen LogP contribution in [0.2, 0.25) is 0 Å². The maximum Gasteiger partial charge on any atom is 0.253 e. The normalized spacial score (nSPS) is 13.0. The van der Waals surface area contributed by atoms with Gasteiger partial charge in [-0.2, -0.15) is 5.26 Å². The number of aryl methyl sites for hydroxylation is 1. The number of halogens is 2. The fraction of sp³-hybridized carbons (Fsp3) is 0.174. The number of nitrogens with zero attached hydrogens (tertiary/aromatic N) is 2. The number of benzene rings is 2. The summed E-state index contributed by atoms with van der Waals surface area (Å²) in [5, 5.41) is 9.79. The fourth-order valence-electron chi connectivity index (χ4n) is 4.29. The van der Waals surface area contributed by atoms with Gasteiger partial charge in [-0.25, -0.2) is 8.78 Å². The minimum atomic E-state index is -1.36. The first-order valence-corrected chi connectivity index (χ1v) is 9.55. The Kier molecular flexibility index (Phi) is 4.82. The van der Waals surface area contributed by atoms with Gasteiger partial charge in [-0.1, -0.05) is 24.8 Å². The van der Waals surface area contributed by atoms with Crippen LogP contribution in [-0.2, 0) is 17.8 Å². The van der Waals surface area contributed by atoms with E-state index in [4.69, 9.17) is 5.73 Å². The number of aromatic nitrogens is 1. The van der Waals surface area contributed by atoms with Crippen LogP contribution in [0, 0.1) is 29.9 Å². The van der Waals surface area contributed by atoms with Crippen LogP contribution in [0.5, 0.6) is 0 Å². The van der Waals surface area contributed by atoms with Crippen molar-refractivity contribution in [2.24, 2.45) is 5.73 Å². The van der Waals surface area contributed by atoms with Gasteiger partial charge in [-0.3, -0.25) is 9.59 Å². The SMILES string of the molecule is C=CC(=O)N1CCc2c(cccc2-c2c(F)c(F)c(C(N)=O)c3[nH]c(C)c(C#N)c23)C1. The van der Waals surface area contributed by atoms with Gasteiger partial charge in [0.1, 0.15) is 11.6 Å². The number of primary amides is 1. The van der Waals surface area contributed by atoms with Gasteiger partial charge in [-0.05, 0) is 36.1 Å². The molecule has 0 bridgehead atoms. The maximum absolute atomic E-state index is 15.4. The van der Waals surface area contributed by atoms with Gasteiger partial charge in [0.2, 0.25) is 5.91 Å². The zero-order chi connectivity index (χ0) is 22.4. The standard InChI is InChI=1S/C23H18F2N4O2/c1-3-16(30)29-8-7-13-12(10-29)5-4-6-14(13)17-18-15(9-26)11(2)28-22(18)19(23(27)31)21(25)20(17)24/h3-6,28H,1,7-8,10H2,2H3,(H2,27,31). The molecule has 4 rings (SSSR count). The van der Waals surface area contributed by atoms with E-state index in [0.717, 1.165) is 11.1 Å². The van der Waals surface area contributed by atoms with Gasteiger partial charge in [0.25, 0.3) is 5.91 Å². The molecular formula is C23H18F2N4O2. The molecule has 2 heterocycles. The van der Waals surface area contributed by atoms with E-state index >= 15 is 4.39 Å². The van der Waals surface area contributed by atoms with E-state index in [-0.39, 0.29) is 27.9 Å². The lowest BCUT2D eigenvalue weighted by Gasteiger charge is -2.29. The van der Waals surface area contributed by atoms with E-state index in [1.165, 1.54) is 6.08 Å². The Bertz CT molecular complexity index is 1330. The molecule has 31 heavy (non-hydrogen) atoms. The molecule has 2 amide bonds. The van der Waals surface area contributed by atoms with Gasteiger partial charge in [0.05, 0.1) is 11.1 Å². The van der Waals surface area contributed by atoms with Gasteiger partial charge in [0, 0.05) is 29.7 Å². The van der Waals surface area contributed by atoms with Crippen LogP contribution < -0.4 is 5.73 Å². The zero-order valence-corrected chi connectivity index (χ0v) is 16.7. The van der Waals surface area contributed by atoms with Crippen LogP contribution in [0.3, 0.4) is 0 Å². The summed E-state index contributed by atoms with van der Waals surface area (Å²) in [7, 11) is 0. The topological polar surface area (TPSA) is 103 Å². The monoisotopic (exact) mass is 420 g/mol. The van der Waals surface area contributed by atoms with Crippen molar-refractivity contribution in [1.82, 2.24) is 9.88 Å². The highest BCUT2D eigenvalue weighted by atomic mass is 19.2. The maximum atomic E-state index is 15.4. The molecule has 156 valence electrons. The molecular weight excluding hydrogens is 402 g/mol. The quantitative estimate of drug-likeness (QED) is 0.634. The first-order chi connectivity index (χ1) is 14.8. The fourth-order valence-corrected chi connectivity index (χ4v) is 4.29. The van der Waals surface area contributed by atoms with Crippen molar-refractivity contribution < 1.29 is 18.4 Å². The third-order valence-corrected chi connectivity index (χ3v) is 5.70. The Morgan fingerprint density at radius 2 is 2.06 bits per heavy atom. The predicted octanol–water partition coefficient (Wildman–Crippen LogP) is 3.46. The average molecular weight is 420 g/mol. The van der Waals surface area contributed by atoms with E-state index in [1.54, 1.807) is 24.0 Å². The number of aromatic amines is 1. The van der Waals surface area contributed by atoms with Gasteiger partial charge < -0.3 is 15.6 Å². The van der Waals surface area contributed by atoms with E-state index in [0.29, 0.717) is 30.8 Å². The second-order valence-corrected chi connectivity index (χ2v) is 7.39. The van der Waals surface area contributed by atoms with Crippen molar-refractivity contribution in [3.8, 4) is 17.2 Å². The molecule has 8 heteroatoms. The summed E-state index contributed by atoms with van der Waals surface area (Å²) in [6, 6.07) is 7.17. The lowest BCUT2D eigenvalue weighted by molar-refractivity contribution is -0.126. The number of amides is 2. The van der Waals surface area contributed by atoms with Crippen LogP contribution in [0.1, 0.15) is 32.7 Å². The highest BCUT2D eigenvalue weighted by Crippen LogP contribution is 2.41. The molecule has 1 aromatic heterocycles. The van der Waals surface area contributed by atoms with E-state index < -0.39 is 23.1 Å². The Morgan fingerprint density at radius 3 is 2.71 bits per heavy atom. The van der Waals surface area contributed by atoms with E-state index in [2.05, 4.69) is 11.6 Å². The molecule has 0 radical (unpaired) electrons. The summed E-state index contributed by atoms with van der Waals surface area (Å²) >= 11 is 0. The van der Waals surface area contributed by atoms with Crippen LogP contribution >= 0.6 is 0 Å². The molecule has 2 aromatic carbocycles. The third-order valence-electron chi connectivity index (χ3n) is 5.70. The Balaban J connectivity index is 2.06. The average Bonchev–Trinajstić information content (AvgIpc) is 3.08. The molecule has 0 spiro atoms. The second-order valence-electron chi connectivity index (χ2n) is 7.39. The molecule has 3 N–H and O–H groups in total. The highest BCUT2D eigenvalue weighted by Gasteiger charge is 2.30. The number of fused-ring (bicyclic) bond motifs is 2. The summed E-state index contributed by atoms with van der Waals surface area (Å²) in [4.78, 5) is 28.3. The van der Waals surface area contributed by atoms with Crippen LogP contribution in [-0.4, -0.2) is 28.2 Å². The third kappa shape index (κ3) is 2.97. The molecule has 0 fully saturated rings. The lowest BCUT2D eigenvalue weighted by Crippen LogP contribution is -2.35. The number of H-pyrrole nitrogens is 1. The summed E-state index contributed by atoms with van der Waals surface area (Å²) in [6.07, 6.45) is 1.65. The zero-order valence-electron chi connectivity index (χ0n) is 16.7. The Labute approximate surface area is 176 Å². The first-order valence-electron chi connectivity index (χ1n) is 9.55. The molecule has 6 nitrogen and oxygen atoms in total. The predicted molar refractivity (Wildman–Crippen MR) is 111 cm³/mol. The number of hydrogen-bond donors (Lipinski definition) is 2. The number of rotatable bonds is 3. The molecule has 3 aromatic rings. The van der Waals surface area contributed by atoms with Crippen LogP contribution in [0.4, 0.5) is 8.78 Å². The van der Waals surface area contributed by atoms with Crippen molar-refractivity contribution >= 4 is 22.7 Å². The lowest BCUT2D eigenvalue weighted by atomic mass is 9.87. The molecule has 0 saturated carbocycles. The second kappa shape index (κ2) is 7.36. The number of carbonyl (C=O) groups is 2. The molecule has 0 aliphatic carbocycles. The van der Waals surface area contributed by atoms with Gasteiger partial charge in [0.15, 0.2) is 11.6 Å². The van der Waals surface area contributed by atoms with Crippen molar-refractivity contribution in [3.05, 3.63) is 70.4 Å². The smallest absolute Gasteiger partial charge is 0.253 e. The Morgan fingerprint density at radius 1 is 1.32 bits per heavy atom. The van der Waals surface area contributed by atoms with Gasteiger partial charge in [-0.15, -0.1) is 0 Å². The summed E-state index contributed by atoms with van der Waals surface area (Å²) in [5.74, 6) is -3.95. The number of hydrogen-bond acceptors (Lipinski definition) is 3. The summed E-state index contributed by atoms with van der Waals surface area (Å²) in [5.41, 5.74) is 7.03. The molecule has 0 atom stereocenters. The van der Waals surface area contributed by atoms with Crippen molar-refractivity contribution in [1.29, 1.82) is 5.26 Å². The van der Waals surface area contributed by atoms with Crippen LogP contribution in [0.25, 0.3) is 22.0 Å². The minimum absolute atomic E-state index is 0.00711. The molecule has 0 unspecified atom stereocenters. The number of nitrogens with two attached hydrogens (primary N) is 1. The molecule has 0 saturated heterocycles. The van der Waals surface area contributed by atoms with Crippen LogP contribution in [0.15, 0.2) is 30.9 Å². The van der Waals surface area contributed by atoms with Crippen molar-refractivity contribution in [2.45, 2.75) is 19.9 Å².